The van der Waals surface area contributed by atoms with Crippen molar-refractivity contribution in [1.82, 2.24) is 10.6 Å². The van der Waals surface area contributed by atoms with Crippen LogP contribution in [0.2, 0.25) is 0 Å². The molecule has 0 unspecified atom stereocenters. The van der Waals surface area contributed by atoms with Crippen molar-refractivity contribution in [2.45, 2.75) is 33.6 Å². The number of guanidine groups is 1. The van der Waals surface area contributed by atoms with E-state index in [2.05, 4.69) is 22.5 Å². The summed E-state index contributed by atoms with van der Waals surface area (Å²) in [6.07, 6.45) is 2.32. The van der Waals surface area contributed by atoms with Gasteiger partial charge in [-0.15, -0.1) is 0 Å². The van der Waals surface area contributed by atoms with Gasteiger partial charge in [-0.1, -0.05) is 20.8 Å². The molecule has 0 amide bonds. The van der Waals surface area contributed by atoms with Crippen LogP contribution in [0.4, 0.5) is 0 Å². The minimum atomic E-state index is 0.971. The van der Waals surface area contributed by atoms with Crippen LogP contribution in [0.25, 0.3) is 0 Å². The van der Waals surface area contributed by atoms with Crippen LogP contribution < -0.4 is 10.6 Å². The second-order valence-corrected chi connectivity index (χ2v) is 2.44. The third kappa shape index (κ3) is 4.99. The molecule has 1 aliphatic heterocycles. The zero-order valence-electron chi connectivity index (χ0n) is 8.48. The second kappa shape index (κ2) is 8.37. The van der Waals surface area contributed by atoms with Gasteiger partial charge < -0.3 is 10.6 Å². The largest absolute Gasteiger partial charge is 0.356 e. The molecule has 1 aliphatic rings. The minimum absolute atomic E-state index is 0.971. The number of hydrogen-bond acceptors (Lipinski definition) is 3. The summed E-state index contributed by atoms with van der Waals surface area (Å²) in [7, 11) is 0. The van der Waals surface area contributed by atoms with E-state index in [1.807, 2.05) is 13.8 Å². The molecule has 0 saturated heterocycles. The maximum absolute atomic E-state index is 4.26. The van der Waals surface area contributed by atoms with Gasteiger partial charge >= 0.3 is 0 Å². The van der Waals surface area contributed by atoms with E-state index in [1.165, 1.54) is 0 Å². The first kappa shape index (κ1) is 11.3. The highest BCUT2D eigenvalue weighted by Gasteiger charge is 2.00. The molecule has 0 radical (unpaired) electrons. The van der Waals surface area contributed by atoms with Crippen LogP contribution >= 0.6 is 0 Å². The predicted octanol–water partition coefficient (Wildman–Crippen LogP) is 1.36. The maximum atomic E-state index is 4.26. The van der Waals surface area contributed by atoms with Gasteiger partial charge in [-0.05, 0) is 12.8 Å². The summed E-state index contributed by atoms with van der Waals surface area (Å²) in [4.78, 5) is 4.26. The maximum Gasteiger partial charge on any atom is 0.191 e. The molecule has 12 heavy (non-hydrogen) atoms. The monoisotopic (exact) mass is 171 g/mol. The molecule has 0 atom stereocenters. The van der Waals surface area contributed by atoms with E-state index in [9.17, 15) is 0 Å². The van der Waals surface area contributed by atoms with E-state index in [4.69, 9.17) is 0 Å². The van der Waals surface area contributed by atoms with E-state index in [0.717, 1.165) is 38.4 Å². The van der Waals surface area contributed by atoms with Crippen LogP contribution in [0.3, 0.4) is 0 Å². The fourth-order valence-corrected chi connectivity index (χ4v) is 0.894. The van der Waals surface area contributed by atoms with Crippen molar-refractivity contribution in [2.75, 3.05) is 19.6 Å². The first-order chi connectivity index (χ1) is 5.93. The third-order valence-electron chi connectivity index (χ3n) is 1.44. The second-order valence-electron chi connectivity index (χ2n) is 2.44. The van der Waals surface area contributed by atoms with E-state index >= 15 is 0 Å². The molecular weight excluding hydrogens is 150 g/mol. The van der Waals surface area contributed by atoms with Crippen molar-refractivity contribution in [2.24, 2.45) is 4.99 Å². The average Bonchev–Trinajstić information content (AvgIpc) is 2.19. The van der Waals surface area contributed by atoms with Gasteiger partial charge in [0.1, 0.15) is 0 Å². The zero-order valence-corrected chi connectivity index (χ0v) is 8.48. The van der Waals surface area contributed by atoms with Gasteiger partial charge in [0.05, 0.1) is 0 Å². The molecule has 0 aromatic heterocycles. The Morgan fingerprint density at radius 1 is 1.50 bits per heavy atom. The lowest BCUT2D eigenvalue weighted by atomic mass is 10.4. The number of hydrogen-bond donors (Lipinski definition) is 2. The summed E-state index contributed by atoms with van der Waals surface area (Å²) in [6, 6.07) is 0. The fourth-order valence-electron chi connectivity index (χ4n) is 0.894. The molecule has 0 bridgehead atoms. The number of aliphatic imine (C=N–C) groups is 1. The highest BCUT2D eigenvalue weighted by Crippen LogP contribution is 1.86. The molecule has 72 valence electrons. The first-order valence-corrected chi connectivity index (χ1v) is 4.95. The molecule has 0 aromatic carbocycles. The summed E-state index contributed by atoms with van der Waals surface area (Å²) in [6.45, 7) is 9.21. The lowest BCUT2D eigenvalue weighted by Crippen LogP contribution is -2.40. The van der Waals surface area contributed by atoms with Crippen molar-refractivity contribution in [1.29, 1.82) is 0 Å². The Hall–Kier alpha value is -0.730. The Morgan fingerprint density at radius 3 is 2.75 bits per heavy atom. The lowest BCUT2D eigenvalue weighted by Gasteiger charge is -2.14. The first-order valence-electron chi connectivity index (χ1n) is 4.95. The summed E-state index contributed by atoms with van der Waals surface area (Å²) in [5, 5.41) is 6.40. The molecular formula is C9H21N3. The highest BCUT2D eigenvalue weighted by atomic mass is 15.2. The van der Waals surface area contributed by atoms with Crippen molar-refractivity contribution in [3.05, 3.63) is 0 Å². The Kier molecular flexibility index (Phi) is 7.86. The third-order valence-corrected chi connectivity index (χ3v) is 1.44. The van der Waals surface area contributed by atoms with Crippen LogP contribution in [-0.2, 0) is 0 Å². The highest BCUT2D eigenvalue weighted by molar-refractivity contribution is 5.80. The normalized spacial score (nSPS) is 15.1. The van der Waals surface area contributed by atoms with Gasteiger partial charge in [0.25, 0.3) is 0 Å². The van der Waals surface area contributed by atoms with Crippen LogP contribution in [-0.4, -0.2) is 25.6 Å². The topological polar surface area (TPSA) is 36.4 Å². The standard InChI is InChI=1S/C7H15N3.C2H6/c1-2-4-8-7-9-5-3-6-10-7;1-2/h2-6H2,1H3,(H2,8,9,10);1-2H3. The Balaban J connectivity index is 0.000000561. The molecule has 3 heteroatoms. The van der Waals surface area contributed by atoms with Crippen LogP contribution in [0.5, 0.6) is 0 Å². The quantitative estimate of drug-likeness (QED) is 0.658. The molecule has 0 saturated carbocycles. The van der Waals surface area contributed by atoms with Crippen LogP contribution in [0, 0.1) is 0 Å². The lowest BCUT2D eigenvalue weighted by molar-refractivity contribution is 0.697. The van der Waals surface area contributed by atoms with Crippen molar-refractivity contribution in [3.63, 3.8) is 0 Å². The van der Waals surface area contributed by atoms with Gasteiger partial charge in [-0.3, -0.25) is 4.99 Å². The molecule has 1 rings (SSSR count). The average molecular weight is 171 g/mol. The van der Waals surface area contributed by atoms with Gasteiger partial charge in [-0.2, -0.15) is 0 Å². The van der Waals surface area contributed by atoms with Gasteiger partial charge in [0.2, 0.25) is 0 Å². The Labute approximate surface area is 75.7 Å². The van der Waals surface area contributed by atoms with Crippen LogP contribution in [0.1, 0.15) is 33.6 Å². The Bertz CT molecular complexity index is 121. The van der Waals surface area contributed by atoms with E-state index in [-0.39, 0.29) is 0 Å². The number of rotatable bonds is 2. The summed E-state index contributed by atoms with van der Waals surface area (Å²) in [5.41, 5.74) is 0. The summed E-state index contributed by atoms with van der Waals surface area (Å²) in [5.74, 6) is 0.980. The number of nitrogens with one attached hydrogen (secondary N) is 2. The molecule has 0 aromatic rings. The minimum Gasteiger partial charge on any atom is -0.356 e. The molecule has 3 nitrogen and oxygen atoms in total. The summed E-state index contributed by atoms with van der Waals surface area (Å²) >= 11 is 0. The van der Waals surface area contributed by atoms with E-state index < -0.39 is 0 Å². The van der Waals surface area contributed by atoms with Crippen molar-refractivity contribution in [3.8, 4) is 0 Å². The zero-order chi connectivity index (χ0) is 9.23. The van der Waals surface area contributed by atoms with Crippen LogP contribution in [0.15, 0.2) is 4.99 Å². The number of nitrogens with zero attached hydrogens (tertiary/aromatic N) is 1. The molecule has 0 spiro atoms. The molecule has 0 aliphatic carbocycles. The van der Waals surface area contributed by atoms with Gasteiger partial charge in [0.15, 0.2) is 5.96 Å². The summed E-state index contributed by atoms with van der Waals surface area (Å²) < 4.78 is 0. The SMILES string of the molecule is CC.CCCNC1=NCCCN1. The van der Waals surface area contributed by atoms with E-state index in [0.29, 0.717) is 0 Å². The van der Waals surface area contributed by atoms with Gasteiger partial charge in [0, 0.05) is 19.6 Å². The molecule has 2 N–H and O–H groups in total. The van der Waals surface area contributed by atoms with Crippen molar-refractivity contribution >= 4 is 5.96 Å². The predicted molar refractivity (Wildman–Crippen MR) is 54.6 cm³/mol. The van der Waals surface area contributed by atoms with Gasteiger partial charge in [-0.25, -0.2) is 0 Å². The van der Waals surface area contributed by atoms with E-state index in [1.54, 1.807) is 0 Å². The van der Waals surface area contributed by atoms with Crippen molar-refractivity contribution < 1.29 is 0 Å². The fraction of sp³-hybridized carbons (Fsp3) is 0.889. The Morgan fingerprint density at radius 2 is 2.25 bits per heavy atom. The molecule has 0 fully saturated rings. The molecule has 1 heterocycles. The smallest absolute Gasteiger partial charge is 0.191 e.